The SMILES string of the molecule is Clc1ccc(CNCCCNC2CC2)c(Cl)c1. The van der Waals surface area contributed by atoms with Crippen LogP contribution in [0.15, 0.2) is 18.2 Å². The zero-order chi connectivity index (χ0) is 12.1. The molecule has 1 aromatic carbocycles. The van der Waals surface area contributed by atoms with Crippen molar-refractivity contribution in [2.75, 3.05) is 13.1 Å². The molecule has 1 aliphatic carbocycles. The predicted octanol–water partition coefficient (Wildman–Crippen LogP) is 3.23. The summed E-state index contributed by atoms with van der Waals surface area (Å²) in [4.78, 5) is 0. The van der Waals surface area contributed by atoms with Gasteiger partial charge in [-0.05, 0) is 50.0 Å². The Labute approximate surface area is 113 Å². The first-order valence-corrected chi connectivity index (χ1v) is 6.89. The smallest absolute Gasteiger partial charge is 0.0465 e. The molecule has 17 heavy (non-hydrogen) atoms. The molecule has 4 heteroatoms. The van der Waals surface area contributed by atoms with Crippen LogP contribution in [0.25, 0.3) is 0 Å². The van der Waals surface area contributed by atoms with Crippen molar-refractivity contribution in [3.63, 3.8) is 0 Å². The van der Waals surface area contributed by atoms with E-state index < -0.39 is 0 Å². The largest absolute Gasteiger partial charge is 0.314 e. The standard InChI is InChI=1S/C13H18Cl2N2/c14-11-3-2-10(13(15)8-11)9-16-6-1-7-17-12-4-5-12/h2-3,8,12,16-17H,1,4-7,9H2. The number of hydrogen-bond donors (Lipinski definition) is 2. The number of benzene rings is 1. The van der Waals surface area contributed by atoms with Gasteiger partial charge in [-0.1, -0.05) is 29.3 Å². The minimum Gasteiger partial charge on any atom is -0.314 e. The van der Waals surface area contributed by atoms with Crippen LogP contribution < -0.4 is 10.6 Å². The Morgan fingerprint density at radius 3 is 2.71 bits per heavy atom. The quantitative estimate of drug-likeness (QED) is 0.745. The average Bonchev–Trinajstić information content (AvgIpc) is 3.09. The summed E-state index contributed by atoms with van der Waals surface area (Å²) in [5, 5.41) is 8.30. The molecule has 1 saturated carbocycles. The molecule has 0 bridgehead atoms. The second-order valence-corrected chi connectivity index (χ2v) is 5.34. The van der Waals surface area contributed by atoms with E-state index in [-0.39, 0.29) is 0 Å². The highest BCUT2D eigenvalue weighted by atomic mass is 35.5. The van der Waals surface area contributed by atoms with Crippen LogP contribution in [-0.4, -0.2) is 19.1 Å². The van der Waals surface area contributed by atoms with Crippen LogP contribution in [0.1, 0.15) is 24.8 Å². The Kier molecular flexibility index (Phi) is 5.11. The van der Waals surface area contributed by atoms with E-state index >= 15 is 0 Å². The Hall–Kier alpha value is -0.280. The second kappa shape index (κ2) is 6.60. The molecular formula is C13H18Cl2N2. The van der Waals surface area contributed by atoms with Crippen molar-refractivity contribution in [2.45, 2.75) is 31.8 Å². The molecule has 1 aliphatic rings. The zero-order valence-electron chi connectivity index (χ0n) is 9.81. The summed E-state index contributed by atoms with van der Waals surface area (Å²) in [5.74, 6) is 0. The van der Waals surface area contributed by atoms with Gasteiger partial charge in [-0.15, -0.1) is 0 Å². The Morgan fingerprint density at radius 2 is 2.00 bits per heavy atom. The van der Waals surface area contributed by atoms with Crippen LogP contribution in [-0.2, 0) is 6.54 Å². The number of rotatable bonds is 7. The van der Waals surface area contributed by atoms with E-state index in [1.54, 1.807) is 6.07 Å². The van der Waals surface area contributed by atoms with Crippen LogP contribution >= 0.6 is 23.2 Å². The van der Waals surface area contributed by atoms with Crippen LogP contribution in [0.4, 0.5) is 0 Å². The summed E-state index contributed by atoms with van der Waals surface area (Å²) in [6.07, 6.45) is 3.86. The lowest BCUT2D eigenvalue weighted by Gasteiger charge is -2.07. The maximum absolute atomic E-state index is 6.08. The Bertz CT molecular complexity index is 364. The lowest BCUT2D eigenvalue weighted by atomic mass is 10.2. The number of hydrogen-bond acceptors (Lipinski definition) is 2. The maximum atomic E-state index is 6.08. The van der Waals surface area contributed by atoms with Crippen LogP contribution in [0, 0.1) is 0 Å². The van der Waals surface area contributed by atoms with E-state index in [1.165, 1.54) is 12.8 Å². The molecule has 0 atom stereocenters. The molecule has 94 valence electrons. The molecule has 0 heterocycles. The predicted molar refractivity (Wildman–Crippen MR) is 73.8 cm³/mol. The third-order valence-corrected chi connectivity index (χ3v) is 3.46. The lowest BCUT2D eigenvalue weighted by molar-refractivity contribution is 0.593. The van der Waals surface area contributed by atoms with Gasteiger partial charge in [0, 0.05) is 22.6 Å². The molecular weight excluding hydrogens is 255 g/mol. The lowest BCUT2D eigenvalue weighted by Crippen LogP contribution is -2.23. The van der Waals surface area contributed by atoms with Gasteiger partial charge in [0.25, 0.3) is 0 Å². The molecule has 0 unspecified atom stereocenters. The molecule has 1 fully saturated rings. The second-order valence-electron chi connectivity index (χ2n) is 4.49. The molecule has 0 aliphatic heterocycles. The third-order valence-electron chi connectivity index (χ3n) is 2.87. The minimum absolute atomic E-state index is 0.687. The van der Waals surface area contributed by atoms with Gasteiger partial charge >= 0.3 is 0 Å². The molecule has 0 saturated heterocycles. The summed E-state index contributed by atoms with van der Waals surface area (Å²) in [6, 6.07) is 6.44. The Morgan fingerprint density at radius 1 is 1.18 bits per heavy atom. The first-order chi connectivity index (χ1) is 8.25. The summed E-state index contributed by atoms with van der Waals surface area (Å²) in [5.41, 5.74) is 1.10. The van der Waals surface area contributed by atoms with Gasteiger partial charge in [0.15, 0.2) is 0 Å². The molecule has 0 amide bonds. The van der Waals surface area contributed by atoms with E-state index in [4.69, 9.17) is 23.2 Å². The minimum atomic E-state index is 0.687. The van der Waals surface area contributed by atoms with E-state index in [2.05, 4.69) is 10.6 Å². The average molecular weight is 273 g/mol. The summed E-state index contributed by atoms with van der Waals surface area (Å²) in [6.45, 7) is 2.92. The van der Waals surface area contributed by atoms with Crippen molar-refractivity contribution in [3.8, 4) is 0 Å². The first-order valence-electron chi connectivity index (χ1n) is 6.14. The van der Waals surface area contributed by atoms with E-state index in [0.717, 1.165) is 42.7 Å². The number of nitrogens with one attached hydrogen (secondary N) is 2. The fourth-order valence-electron chi connectivity index (χ4n) is 1.70. The normalized spacial score (nSPS) is 15.2. The van der Waals surface area contributed by atoms with Gasteiger partial charge in [0.05, 0.1) is 0 Å². The van der Waals surface area contributed by atoms with Gasteiger partial charge < -0.3 is 10.6 Å². The fourth-order valence-corrected chi connectivity index (χ4v) is 2.17. The van der Waals surface area contributed by atoms with Gasteiger partial charge in [-0.25, -0.2) is 0 Å². The van der Waals surface area contributed by atoms with Gasteiger partial charge in [0.1, 0.15) is 0 Å². The monoisotopic (exact) mass is 272 g/mol. The third kappa shape index (κ3) is 4.84. The molecule has 2 rings (SSSR count). The van der Waals surface area contributed by atoms with Crippen molar-refractivity contribution >= 4 is 23.2 Å². The summed E-state index contributed by atoms with van der Waals surface area (Å²) < 4.78 is 0. The highest BCUT2D eigenvalue weighted by molar-refractivity contribution is 6.35. The maximum Gasteiger partial charge on any atom is 0.0465 e. The van der Waals surface area contributed by atoms with E-state index in [9.17, 15) is 0 Å². The van der Waals surface area contributed by atoms with Crippen molar-refractivity contribution in [1.29, 1.82) is 0 Å². The molecule has 1 aromatic rings. The number of halogens is 2. The van der Waals surface area contributed by atoms with Gasteiger partial charge in [-0.3, -0.25) is 0 Å². The summed E-state index contributed by atoms with van der Waals surface area (Å²) in [7, 11) is 0. The zero-order valence-corrected chi connectivity index (χ0v) is 11.3. The summed E-state index contributed by atoms with van der Waals surface area (Å²) >= 11 is 11.9. The first kappa shape index (κ1) is 13.2. The fraction of sp³-hybridized carbons (Fsp3) is 0.538. The van der Waals surface area contributed by atoms with E-state index in [0.29, 0.717) is 5.02 Å². The van der Waals surface area contributed by atoms with Gasteiger partial charge in [0.2, 0.25) is 0 Å². The molecule has 2 N–H and O–H groups in total. The van der Waals surface area contributed by atoms with Crippen molar-refractivity contribution < 1.29 is 0 Å². The molecule has 0 radical (unpaired) electrons. The Balaban J connectivity index is 1.60. The molecule has 0 aromatic heterocycles. The van der Waals surface area contributed by atoms with E-state index in [1.807, 2.05) is 12.1 Å². The van der Waals surface area contributed by atoms with Crippen LogP contribution in [0.5, 0.6) is 0 Å². The van der Waals surface area contributed by atoms with Gasteiger partial charge in [-0.2, -0.15) is 0 Å². The highest BCUT2D eigenvalue weighted by Crippen LogP contribution is 2.20. The van der Waals surface area contributed by atoms with Crippen LogP contribution in [0.3, 0.4) is 0 Å². The van der Waals surface area contributed by atoms with Crippen molar-refractivity contribution in [3.05, 3.63) is 33.8 Å². The van der Waals surface area contributed by atoms with Crippen molar-refractivity contribution in [2.24, 2.45) is 0 Å². The molecule has 2 nitrogen and oxygen atoms in total. The highest BCUT2D eigenvalue weighted by Gasteiger charge is 2.19. The molecule has 0 spiro atoms. The topological polar surface area (TPSA) is 24.1 Å². The van der Waals surface area contributed by atoms with Crippen molar-refractivity contribution in [1.82, 2.24) is 10.6 Å². The van der Waals surface area contributed by atoms with Crippen LogP contribution in [0.2, 0.25) is 10.0 Å².